The van der Waals surface area contributed by atoms with E-state index in [1.807, 2.05) is 24.3 Å². The van der Waals surface area contributed by atoms with Gasteiger partial charge in [0.15, 0.2) is 23.3 Å². The van der Waals surface area contributed by atoms with Crippen LogP contribution in [0.2, 0.25) is 0 Å². The molecule has 1 amide bonds. The van der Waals surface area contributed by atoms with E-state index in [-0.39, 0.29) is 12.0 Å². The Kier molecular flexibility index (Phi) is 3.44. The Labute approximate surface area is 134 Å². The summed E-state index contributed by atoms with van der Waals surface area (Å²) in [6.45, 7) is 0.847. The molecule has 2 heterocycles. The number of carbonyl (C=O) groups excluding carboxylic acids is 1. The molecule has 6 heteroatoms. The summed E-state index contributed by atoms with van der Waals surface area (Å²) in [5.41, 5.74) is 0.353. The number of aromatic nitrogens is 1. The van der Waals surface area contributed by atoms with Gasteiger partial charge in [0.2, 0.25) is 0 Å². The van der Waals surface area contributed by atoms with Crippen molar-refractivity contribution < 1.29 is 18.8 Å². The highest BCUT2D eigenvalue weighted by Gasteiger charge is 2.30. The second kappa shape index (κ2) is 5.61. The van der Waals surface area contributed by atoms with Crippen molar-refractivity contribution in [1.82, 2.24) is 10.1 Å². The van der Waals surface area contributed by atoms with E-state index in [0.717, 1.165) is 24.4 Å². The van der Waals surface area contributed by atoms with Crippen molar-refractivity contribution in [3.05, 3.63) is 41.8 Å². The lowest BCUT2D eigenvalue weighted by molar-refractivity contribution is 0.0514. The monoisotopic (exact) mass is 314 g/mol. The van der Waals surface area contributed by atoms with E-state index in [1.165, 1.54) is 0 Å². The van der Waals surface area contributed by atoms with E-state index in [0.29, 0.717) is 30.5 Å². The van der Waals surface area contributed by atoms with E-state index in [4.69, 9.17) is 14.0 Å². The number of nitrogens with zero attached hydrogens (tertiary/aromatic N) is 2. The zero-order valence-corrected chi connectivity index (χ0v) is 12.9. The van der Waals surface area contributed by atoms with Crippen LogP contribution in [0.3, 0.4) is 0 Å². The lowest BCUT2D eigenvalue weighted by Gasteiger charge is -2.29. The quantitative estimate of drug-likeness (QED) is 0.867. The number of rotatable bonds is 4. The summed E-state index contributed by atoms with van der Waals surface area (Å²) in [5, 5.41) is 3.89. The molecule has 2 aromatic rings. The standard InChI is InChI=1S/C17H18N2O4/c1-19(17(20)13-8-16(23-18-13)11-6-7-11)9-12-10-21-14-4-2-3-5-15(14)22-12/h2-5,8,11-12H,6-7,9-10H2,1H3/t12-/m0/s1. The zero-order chi connectivity index (χ0) is 15.8. The van der Waals surface area contributed by atoms with Crippen LogP contribution < -0.4 is 9.47 Å². The maximum atomic E-state index is 12.4. The minimum Gasteiger partial charge on any atom is -0.486 e. The molecule has 1 saturated carbocycles. The largest absolute Gasteiger partial charge is 0.486 e. The second-order valence-electron chi connectivity index (χ2n) is 6.07. The van der Waals surface area contributed by atoms with Crippen LogP contribution >= 0.6 is 0 Å². The molecule has 0 radical (unpaired) electrons. The number of likely N-dealkylation sites (N-methyl/N-ethyl adjacent to an activating group) is 1. The number of para-hydroxylation sites is 2. The van der Waals surface area contributed by atoms with E-state index < -0.39 is 0 Å². The maximum absolute atomic E-state index is 12.4. The van der Waals surface area contributed by atoms with Crippen LogP contribution in [-0.2, 0) is 0 Å². The summed E-state index contributed by atoms with van der Waals surface area (Å²) in [6.07, 6.45) is 2.03. The molecule has 0 bridgehead atoms. The highest BCUT2D eigenvalue weighted by atomic mass is 16.6. The first-order valence-electron chi connectivity index (χ1n) is 7.81. The van der Waals surface area contributed by atoms with Crippen LogP contribution in [0.1, 0.15) is 35.0 Å². The molecule has 1 aromatic heterocycles. The molecule has 1 aliphatic carbocycles. The van der Waals surface area contributed by atoms with Crippen molar-refractivity contribution in [1.29, 1.82) is 0 Å². The summed E-state index contributed by atoms with van der Waals surface area (Å²) in [5.74, 6) is 2.54. The van der Waals surface area contributed by atoms with E-state index in [2.05, 4.69) is 5.16 Å². The Morgan fingerprint density at radius 2 is 2.09 bits per heavy atom. The molecule has 1 fully saturated rings. The van der Waals surface area contributed by atoms with Crippen molar-refractivity contribution in [2.24, 2.45) is 0 Å². The van der Waals surface area contributed by atoms with Crippen LogP contribution in [0.5, 0.6) is 11.5 Å². The van der Waals surface area contributed by atoms with Gasteiger partial charge in [-0.25, -0.2) is 0 Å². The average molecular weight is 314 g/mol. The topological polar surface area (TPSA) is 64.8 Å². The number of carbonyl (C=O) groups is 1. The Bertz CT molecular complexity index is 723. The minimum atomic E-state index is -0.200. The van der Waals surface area contributed by atoms with Crippen molar-refractivity contribution in [3.8, 4) is 11.5 Å². The normalized spacial score (nSPS) is 19.4. The van der Waals surface area contributed by atoms with Crippen LogP contribution in [0.25, 0.3) is 0 Å². The number of fused-ring (bicyclic) bond motifs is 1. The minimum absolute atomic E-state index is 0.164. The molecule has 0 unspecified atom stereocenters. The van der Waals surface area contributed by atoms with Gasteiger partial charge in [-0.2, -0.15) is 0 Å². The Hall–Kier alpha value is -2.50. The smallest absolute Gasteiger partial charge is 0.275 e. The van der Waals surface area contributed by atoms with Crippen LogP contribution in [-0.4, -0.2) is 42.3 Å². The summed E-state index contributed by atoms with van der Waals surface area (Å²) in [4.78, 5) is 14.0. The van der Waals surface area contributed by atoms with E-state index in [9.17, 15) is 4.79 Å². The SMILES string of the molecule is CN(C[C@H]1COc2ccccc2O1)C(=O)c1cc(C2CC2)on1. The van der Waals surface area contributed by atoms with Gasteiger partial charge in [0.05, 0.1) is 6.54 Å². The molecule has 0 spiro atoms. The summed E-state index contributed by atoms with van der Waals surface area (Å²) >= 11 is 0. The van der Waals surface area contributed by atoms with Gasteiger partial charge in [-0.15, -0.1) is 0 Å². The van der Waals surface area contributed by atoms with E-state index in [1.54, 1.807) is 18.0 Å². The molecule has 2 aliphatic rings. The number of hydrogen-bond acceptors (Lipinski definition) is 5. The Morgan fingerprint density at radius 1 is 1.30 bits per heavy atom. The van der Waals surface area contributed by atoms with Crippen LogP contribution in [0.15, 0.2) is 34.9 Å². The molecule has 4 rings (SSSR count). The zero-order valence-electron chi connectivity index (χ0n) is 12.9. The predicted octanol–water partition coefficient (Wildman–Crippen LogP) is 2.46. The van der Waals surface area contributed by atoms with Crippen molar-refractivity contribution in [3.63, 3.8) is 0 Å². The molecule has 1 aliphatic heterocycles. The highest BCUT2D eigenvalue weighted by Crippen LogP contribution is 2.40. The summed E-state index contributed by atoms with van der Waals surface area (Å²) in [7, 11) is 1.73. The molecular formula is C17H18N2O4. The van der Waals surface area contributed by atoms with Gasteiger partial charge in [-0.1, -0.05) is 17.3 Å². The van der Waals surface area contributed by atoms with Gasteiger partial charge in [0, 0.05) is 19.0 Å². The number of amides is 1. The van der Waals surface area contributed by atoms with Crippen molar-refractivity contribution >= 4 is 5.91 Å². The number of benzene rings is 1. The van der Waals surface area contributed by atoms with Crippen molar-refractivity contribution in [2.45, 2.75) is 24.9 Å². The van der Waals surface area contributed by atoms with Gasteiger partial charge in [-0.05, 0) is 25.0 Å². The fourth-order valence-electron chi connectivity index (χ4n) is 2.69. The fourth-order valence-corrected chi connectivity index (χ4v) is 2.69. The Morgan fingerprint density at radius 3 is 2.87 bits per heavy atom. The molecule has 1 atom stereocenters. The van der Waals surface area contributed by atoms with E-state index >= 15 is 0 Å². The third-order valence-corrected chi connectivity index (χ3v) is 4.12. The number of ether oxygens (including phenoxy) is 2. The molecule has 1 aromatic carbocycles. The summed E-state index contributed by atoms with van der Waals surface area (Å²) < 4.78 is 16.8. The molecule has 6 nitrogen and oxygen atoms in total. The molecule has 23 heavy (non-hydrogen) atoms. The van der Waals surface area contributed by atoms with Crippen molar-refractivity contribution in [2.75, 3.05) is 20.2 Å². The van der Waals surface area contributed by atoms with Gasteiger partial charge < -0.3 is 18.9 Å². The van der Waals surface area contributed by atoms with Gasteiger partial charge in [0.1, 0.15) is 12.4 Å². The first-order valence-corrected chi connectivity index (χ1v) is 7.81. The van der Waals surface area contributed by atoms with Gasteiger partial charge >= 0.3 is 0 Å². The molecule has 0 N–H and O–H groups in total. The van der Waals surface area contributed by atoms with Crippen LogP contribution in [0.4, 0.5) is 0 Å². The molecular weight excluding hydrogens is 296 g/mol. The fraction of sp³-hybridized carbons (Fsp3) is 0.412. The number of hydrogen-bond donors (Lipinski definition) is 0. The third kappa shape index (κ3) is 2.88. The first kappa shape index (κ1) is 14.1. The lowest BCUT2D eigenvalue weighted by atomic mass is 10.2. The maximum Gasteiger partial charge on any atom is 0.275 e. The predicted molar refractivity (Wildman–Crippen MR) is 81.8 cm³/mol. The van der Waals surface area contributed by atoms with Crippen LogP contribution in [0, 0.1) is 0 Å². The van der Waals surface area contributed by atoms with Gasteiger partial charge in [0.25, 0.3) is 5.91 Å². The van der Waals surface area contributed by atoms with Gasteiger partial charge in [-0.3, -0.25) is 4.79 Å². The Balaban J connectivity index is 1.39. The molecule has 0 saturated heterocycles. The highest BCUT2D eigenvalue weighted by molar-refractivity contribution is 5.92. The second-order valence-corrected chi connectivity index (χ2v) is 6.07. The third-order valence-electron chi connectivity index (χ3n) is 4.12. The molecule has 120 valence electrons. The lowest BCUT2D eigenvalue weighted by Crippen LogP contribution is -2.41. The average Bonchev–Trinajstić information content (AvgIpc) is 3.31. The first-order chi connectivity index (χ1) is 11.2. The summed E-state index contributed by atoms with van der Waals surface area (Å²) in [6, 6.07) is 9.29.